The van der Waals surface area contributed by atoms with Gasteiger partial charge in [-0.2, -0.15) is 0 Å². The predicted octanol–water partition coefficient (Wildman–Crippen LogP) is 3.63. The molecule has 0 saturated carbocycles. The summed E-state index contributed by atoms with van der Waals surface area (Å²) in [5.41, 5.74) is 2.57. The van der Waals surface area contributed by atoms with Crippen LogP contribution in [0.4, 0.5) is 4.79 Å². The minimum Gasteiger partial charge on any atom is -0.387 e. The summed E-state index contributed by atoms with van der Waals surface area (Å²) in [7, 11) is 0. The number of β-amino-alcohol motifs (C(OH)–C–C–N with tert-alkyl or cyclic N) is 2. The summed E-state index contributed by atoms with van der Waals surface area (Å²) < 4.78 is 0. The van der Waals surface area contributed by atoms with Crippen LogP contribution < -0.4 is 0 Å². The lowest BCUT2D eigenvalue weighted by Crippen LogP contribution is -2.38. The highest BCUT2D eigenvalue weighted by atomic mass is 16.3. The zero-order chi connectivity index (χ0) is 19.5. The molecular weight excluding hydrogens is 352 g/mol. The summed E-state index contributed by atoms with van der Waals surface area (Å²) in [6, 6.07) is 18.7. The maximum atomic E-state index is 13.2. The number of aliphatic hydroxyl groups excluding tert-OH is 2. The highest BCUT2D eigenvalue weighted by molar-refractivity contribution is 5.81. The monoisotopic (exact) mass is 378 g/mol. The molecule has 5 heteroatoms. The molecule has 1 heterocycles. The fourth-order valence-corrected chi connectivity index (χ4v) is 4.16. The van der Waals surface area contributed by atoms with E-state index in [-0.39, 0.29) is 25.2 Å². The lowest BCUT2D eigenvalue weighted by molar-refractivity contribution is 0.108. The summed E-state index contributed by atoms with van der Waals surface area (Å²) in [6.07, 6.45) is 3.48. The molecular formula is C23H26N2O3. The van der Waals surface area contributed by atoms with Crippen LogP contribution in [0.5, 0.6) is 0 Å². The number of hydrogen-bond donors (Lipinski definition) is 2. The van der Waals surface area contributed by atoms with E-state index in [4.69, 9.17) is 0 Å². The summed E-state index contributed by atoms with van der Waals surface area (Å²) in [4.78, 5) is 16.7. The quantitative estimate of drug-likeness (QED) is 0.807. The van der Waals surface area contributed by atoms with Gasteiger partial charge in [-0.05, 0) is 30.4 Å². The van der Waals surface area contributed by atoms with E-state index in [0.29, 0.717) is 0 Å². The third-order valence-corrected chi connectivity index (χ3v) is 5.63. The Kier molecular flexibility index (Phi) is 5.46. The Morgan fingerprint density at radius 1 is 0.893 bits per heavy atom. The molecule has 5 nitrogen and oxygen atoms in total. The van der Waals surface area contributed by atoms with Crippen LogP contribution in [0.25, 0.3) is 0 Å². The molecule has 28 heavy (non-hydrogen) atoms. The molecule has 3 unspecified atom stereocenters. The Morgan fingerprint density at radius 2 is 1.46 bits per heavy atom. The maximum absolute atomic E-state index is 13.2. The highest BCUT2D eigenvalue weighted by Crippen LogP contribution is 2.36. The van der Waals surface area contributed by atoms with Crippen molar-refractivity contribution in [2.75, 3.05) is 13.1 Å². The van der Waals surface area contributed by atoms with Crippen LogP contribution in [-0.4, -0.2) is 45.2 Å². The molecule has 2 aliphatic rings. The average Bonchev–Trinajstić information content (AvgIpc) is 3.01. The Morgan fingerprint density at radius 3 is 2.07 bits per heavy atom. The number of benzene rings is 2. The van der Waals surface area contributed by atoms with Crippen molar-refractivity contribution in [1.82, 2.24) is 9.80 Å². The van der Waals surface area contributed by atoms with Gasteiger partial charge in [-0.25, -0.2) is 4.79 Å². The van der Waals surface area contributed by atoms with Crippen LogP contribution in [-0.2, 0) is 0 Å². The van der Waals surface area contributed by atoms with Crippen molar-refractivity contribution in [3.8, 4) is 0 Å². The number of carbonyl (C=O) groups excluding carboxylic acids is 1. The maximum Gasteiger partial charge on any atom is 0.325 e. The fraction of sp³-hybridized carbons (Fsp3) is 0.348. The second-order valence-corrected chi connectivity index (χ2v) is 7.47. The molecule has 0 spiro atoms. The van der Waals surface area contributed by atoms with E-state index in [2.05, 4.69) is 6.08 Å². The average molecular weight is 378 g/mol. The number of fused-ring (bicyclic) bond motifs is 1. The van der Waals surface area contributed by atoms with Gasteiger partial charge in [-0.15, -0.1) is 0 Å². The van der Waals surface area contributed by atoms with Crippen molar-refractivity contribution in [2.45, 2.75) is 37.5 Å². The predicted molar refractivity (Wildman–Crippen MR) is 107 cm³/mol. The Labute approximate surface area is 165 Å². The first-order valence-corrected chi connectivity index (χ1v) is 9.89. The highest BCUT2D eigenvalue weighted by Gasteiger charge is 2.43. The number of nitrogens with zero attached hydrogens (tertiary/aromatic N) is 2. The van der Waals surface area contributed by atoms with Gasteiger partial charge < -0.3 is 15.1 Å². The van der Waals surface area contributed by atoms with Gasteiger partial charge in [0.15, 0.2) is 0 Å². The minimum atomic E-state index is -0.743. The minimum absolute atomic E-state index is 0.0254. The van der Waals surface area contributed by atoms with E-state index in [1.807, 2.05) is 60.7 Å². The number of rotatable bonds is 6. The van der Waals surface area contributed by atoms with Crippen LogP contribution in [0.15, 0.2) is 72.4 Å². The van der Waals surface area contributed by atoms with Gasteiger partial charge in [-0.1, -0.05) is 66.7 Å². The van der Waals surface area contributed by atoms with E-state index < -0.39 is 12.2 Å². The molecule has 0 radical (unpaired) electrons. The SMILES string of the molecule is O=C1N(CC(O)c2ccccc2)C2=CCCCC2N1CC(O)c1ccccc1. The van der Waals surface area contributed by atoms with Gasteiger partial charge in [0.1, 0.15) is 0 Å². The second kappa shape index (κ2) is 8.17. The number of hydrogen-bond acceptors (Lipinski definition) is 3. The van der Waals surface area contributed by atoms with Crippen molar-refractivity contribution >= 4 is 6.03 Å². The van der Waals surface area contributed by atoms with Crippen molar-refractivity contribution in [2.24, 2.45) is 0 Å². The summed E-state index contributed by atoms with van der Waals surface area (Å²) in [5, 5.41) is 21.3. The zero-order valence-corrected chi connectivity index (χ0v) is 15.8. The lowest BCUT2D eigenvalue weighted by atomic mass is 9.98. The number of aliphatic hydroxyl groups is 2. The molecule has 146 valence electrons. The zero-order valence-electron chi connectivity index (χ0n) is 15.8. The lowest BCUT2D eigenvalue weighted by Gasteiger charge is -2.27. The molecule has 2 aromatic rings. The number of allylic oxidation sites excluding steroid dienone is 1. The Balaban J connectivity index is 1.53. The number of amides is 2. The summed E-state index contributed by atoms with van der Waals surface area (Å²) in [6.45, 7) is 0.478. The smallest absolute Gasteiger partial charge is 0.325 e. The molecule has 2 N–H and O–H groups in total. The van der Waals surface area contributed by atoms with Crippen LogP contribution in [0.1, 0.15) is 42.6 Å². The van der Waals surface area contributed by atoms with Crippen LogP contribution in [0.3, 0.4) is 0 Å². The molecule has 1 aliphatic heterocycles. The normalized spacial score (nSPS) is 21.3. The van der Waals surface area contributed by atoms with E-state index in [0.717, 1.165) is 36.1 Å². The van der Waals surface area contributed by atoms with Gasteiger partial charge >= 0.3 is 6.03 Å². The van der Waals surface area contributed by atoms with Gasteiger partial charge in [0.2, 0.25) is 0 Å². The van der Waals surface area contributed by atoms with Crippen LogP contribution in [0, 0.1) is 0 Å². The van der Waals surface area contributed by atoms with Crippen molar-refractivity contribution in [3.05, 3.63) is 83.6 Å². The van der Waals surface area contributed by atoms with Gasteiger partial charge in [0, 0.05) is 5.70 Å². The van der Waals surface area contributed by atoms with E-state index >= 15 is 0 Å². The molecule has 2 aromatic carbocycles. The molecule has 1 saturated heterocycles. The van der Waals surface area contributed by atoms with E-state index in [1.165, 1.54) is 0 Å². The first kappa shape index (κ1) is 18.7. The van der Waals surface area contributed by atoms with E-state index in [9.17, 15) is 15.0 Å². The number of carbonyl (C=O) groups is 1. The summed E-state index contributed by atoms with van der Waals surface area (Å²) >= 11 is 0. The number of urea groups is 1. The summed E-state index contributed by atoms with van der Waals surface area (Å²) in [5.74, 6) is 0. The van der Waals surface area contributed by atoms with Gasteiger partial charge in [0.05, 0.1) is 31.3 Å². The third-order valence-electron chi connectivity index (χ3n) is 5.63. The molecule has 1 aliphatic carbocycles. The first-order chi connectivity index (χ1) is 13.6. The second-order valence-electron chi connectivity index (χ2n) is 7.47. The van der Waals surface area contributed by atoms with Crippen LogP contribution in [0.2, 0.25) is 0 Å². The molecule has 0 bridgehead atoms. The van der Waals surface area contributed by atoms with Gasteiger partial charge in [0.25, 0.3) is 0 Å². The van der Waals surface area contributed by atoms with Crippen LogP contribution >= 0.6 is 0 Å². The van der Waals surface area contributed by atoms with Gasteiger partial charge in [-0.3, -0.25) is 4.90 Å². The Hall–Kier alpha value is -2.63. The third kappa shape index (κ3) is 3.68. The first-order valence-electron chi connectivity index (χ1n) is 9.89. The molecule has 2 amide bonds. The standard InChI is InChI=1S/C23H26N2O3/c26-21(17-9-3-1-4-10-17)15-24-19-13-7-8-14-20(19)25(23(24)28)16-22(27)18-11-5-2-6-12-18/h1-6,9-13,20-22,26-27H,7-8,14-16H2. The van der Waals surface area contributed by atoms with Crippen molar-refractivity contribution < 1.29 is 15.0 Å². The molecule has 4 rings (SSSR count). The molecule has 1 fully saturated rings. The largest absolute Gasteiger partial charge is 0.387 e. The Bertz CT molecular complexity index is 837. The van der Waals surface area contributed by atoms with Crippen molar-refractivity contribution in [1.29, 1.82) is 0 Å². The molecule has 0 aromatic heterocycles. The fourth-order valence-electron chi connectivity index (χ4n) is 4.16. The van der Waals surface area contributed by atoms with E-state index in [1.54, 1.807) is 9.80 Å². The topological polar surface area (TPSA) is 64.0 Å². The van der Waals surface area contributed by atoms with Crippen molar-refractivity contribution in [3.63, 3.8) is 0 Å². The molecule has 3 atom stereocenters.